The predicted octanol–water partition coefficient (Wildman–Crippen LogP) is 3.63. The van der Waals surface area contributed by atoms with Crippen LogP contribution in [-0.4, -0.2) is 48.8 Å². The number of rotatable bonds is 5. The van der Waals surface area contributed by atoms with Gasteiger partial charge in [0.2, 0.25) is 11.8 Å². The van der Waals surface area contributed by atoms with E-state index in [9.17, 15) is 9.59 Å². The van der Waals surface area contributed by atoms with Crippen LogP contribution >= 0.6 is 0 Å². The van der Waals surface area contributed by atoms with Crippen molar-refractivity contribution in [3.05, 3.63) is 29.3 Å². The number of hydrogen-bond acceptors (Lipinski definition) is 4. The molecule has 6 heteroatoms. The van der Waals surface area contributed by atoms with Crippen LogP contribution in [0.5, 0.6) is 0 Å². The van der Waals surface area contributed by atoms with Crippen LogP contribution in [0.25, 0.3) is 0 Å². The molecule has 0 saturated carbocycles. The molecular weight excluding hydrogens is 356 g/mol. The first-order chi connectivity index (χ1) is 13.3. The van der Waals surface area contributed by atoms with E-state index in [2.05, 4.69) is 33.0 Å². The summed E-state index contributed by atoms with van der Waals surface area (Å²) in [7, 11) is 0. The van der Waals surface area contributed by atoms with Gasteiger partial charge in [-0.1, -0.05) is 45.9 Å². The first-order valence-electron chi connectivity index (χ1n) is 10.3. The van der Waals surface area contributed by atoms with E-state index in [1.165, 1.54) is 0 Å². The van der Waals surface area contributed by atoms with Crippen LogP contribution in [0.1, 0.15) is 69.9 Å². The minimum absolute atomic E-state index is 0.140. The van der Waals surface area contributed by atoms with Gasteiger partial charge in [0.1, 0.15) is 6.42 Å². The van der Waals surface area contributed by atoms with Crippen molar-refractivity contribution < 1.29 is 19.1 Å². The second-order valence-corrected chi connectivity index (χ2v) is 8.33. The third kappa shape index (κ3) is 4.55. The van der Waals surface area contributed by atoms with Crippen LogP contribution in [-0.2, 0) is 19.1 Å². The molecule has 2 heterocycles. The Balaban J connectivity index is 1.62. The maximum absolute atomic E-state index is 12.7. The fourth-order valence-electron chi connectivity index (χ4n) is 4.01. The Hall–Kier alpha value is -1.92. The summed E-state index contributed by atoms with van der Waals surface area (Å²) in [6.07, 6.45) is 1.18. The third-order valence-electron chi connectivity index (χ3n) is 5.64. The normalized spacial score (nSPS) is 18.9. The largest absolute Gasteiger partial charge is 0.347 e. The van der Waals surface area contributed by atoms with Gasteiger partial charge in [-0.05, 0) is 23.0 Å². The molecule has 1 aromatic carbocycles. The molecule has 2 amide bonds. The van der Waals surface area contributed by atoms with E-state index in [1.807, 2.05) is 18.2 Å². The Bertz CT molecular complexity index is 687. The minimum Gasteiger partial charge on any atom is -0.347 e. The predicted molar refractivity (Wildman–Crippen MR) is 108 cm³/mol. The van der Waals surface area contributed by atoms with Crippen LogP contribution in [0, 0.1) is 0 Å². The maximum atomic E-state index is 12.7. The first-order valence-corrected chi connectivity index (χ1v) is 10.3. The molecule has 0 atom stereocenters. The van der Waals surface area contributed by atoms with Crippen LogP contribution in [0.4, 0.5) is 5.69 Å². The molecule has 2 aliphatic heterocycles. The van der Waals surface area contributed by atoms with Crippen LogP contribution in [0.3, 0.4) is 0 Å². The van der Waals surface area contributed by atoms with Gasteiger partial charge in [-0.3, -0.25) is 9.59 Å². The number of ether oxygens (including phenoxy) is 2. The molecule has 0 bridgehead atoms. The molecule has 28 heavy (non-hydrogen) atoms. The van der Waals surface area contributed by atoms with Crippen LogP contribution in [0.15, 0.2) is 18.2 Å². The molecule has 6 nitrogen and oxygen atoms in total. The fraction of sp³-hybridized carbons (Fsp3) is 0.636. The molecule has 2 aliphatic rings. The van der Waals surface area contributed by atoms with Gasteiger partial charge >= 0.3 is 0 Å². The number of piperidine rings is 1. The van der Waals surface area contributed by atoms with Gasteiger partial charge in [-0.25, -0.2) is 0 Å². The highest BCUT2D eigenvalue weighted by Crippen LogP contribution is 2.33. The van der Waals surface area contributed by atoms with E-state index in [1.54, 1.807) is 4.90 Å². The summed E-state index contributed by atoms with van der Waals surface area (Å²) in [6.45, 7) is 10.8. The quantitative estimate of drug-likeness (QED) is 0.782. The summed E-state index contributed by atoms with van der Waals surface area (Å²) in [6, 6.07) is 6.11. The van der Waals surface area contributed by atoms with E-state index in [0.29, 0.717) is 39.1 Å². The summed E-state index contributed by atoms with van der Waals surface area (Å²) < 4.78 is 11.4. The fourth-order valence-corrected chi connectivity index (χ4v) is 4.01. The molecule has 0 radical (unpaired) electrons. The van der Waals surface area contributed by atoms with Gasteiger partial charge in [0.15, 0.2) is 5.79 Å². The molecule has 0 aromatic heterocycles. The smallest absolute Gasteiger partial charge is 0.233 e. The van der Waals surface area contributed by atoms with Crippen molar-refractivity contribution in [2.24, 2.45) is 0 Å². The van der Waals surface area contributed by atoms with E-state index in [4.69, 9.17) is 9.47 Å². The molecule has 1 spiro atoms. The zero-order valence-electron chi connectivity index (χ0n) is 17.4. The molecule has 2 saturated heterocycles. The zero-order valence-corrected chi connectivity index (χ0v) is 17.4. The Morgan fingerprint density at radius 3 is 2.07 bits per heavy atom. The number of amides is 2. The number of likely N-dealkylation sites (tertiary alicyclic amines) is 1. The molecule has 3 rings (SSSR count). The number of carbonyl (C=O) groups is 2. The van der Waals surface area contributed by atoms with Gasteiger partial charge in [0.05, 0.1) is 13.2 Å². The van der Waals surface area contributed by atoms with Gasteiger partial charge in [-0.2, -0.15) is 0 Å². The highest BCUT2D eigenvalue weighted by molar-refractivity contribution is 6.04. The van der Waals surface area contributed by atoms with Crippen molar-refractivity contribution in [2.75, 3.05) is 31.6 Å². The zero-order chi connectivity index (χ0) is 20.3. The number of anilines is 1. The van der Waals surface area contributed by atoms with Gasteiger partial charge in [0.25, 0.3) is 0 Å². The topological polar surface area (TPSA) is 67.9 Å². The second-order valence-electron chi connectivity index (χ2n) is 8.33. The van der Waals surface area contributed by atoms with Crippen molar-refractivity contribution >= 4 is 17.5 Å². The van der Waals surface area contributed by atoms with Crippen molar-refractivity contribution in [3.63, 3.8) is 0 Å². The molecular formula is C22H32N2O4. The monoisotopic (exact) mass is 388 g/mol. The third-order valence-corrected chi connectivity index (χ3v) is 5.64. The highest BCUT2D eigenvalue weighted by atomic mass is 16.7. The number of carbonyl (C=O) groups excluding carboxylic acids is 2. The lowest BCUT2D eigenvalue weighted by atomic mass is 9.92. The van der Waals surface area contributed by atoms with Gasteiger partial charge < -0.3 is 19.7 Å². The van der Waals surface area contributed by atoms with Crippen LogP contribution < -0.4 is 5.32 Å². The van der Waals surface area contributed by atoms with Crippen molar-refractivity contribution in [3.8, 4) is 0 Å². The standard InChI is InChI=1S/C22H32N2O4/c1-15(2)17-6-5-7-18(16(3)4)21(17)23-19(25)14-20(26)24-10-8-22(9-11-24)27-12-13-28-22/h5-7,15-16H,8-14H2,1-4H3,(H,23,25). The Kier molecular flexibility index (Phi) is 6.40. The summed E-state index contributed by atoms with van der Waals surface area (Å²) in [5.41, 5.74) is 3.06. The van der Waals surface area contributed by atoms with E-state index in [0.717, 1.165) is 16.8 Å². The van der Waals surface area contributed by atoms with E-state index < -0.39 is 5.79 Å². The highest BCUT2D eigenvalue weighted by Gasteiger charge is 2.40. The number of nitrogens with one attached hydrogen (secondary N) is 1. The lowest BCUT2D eigenvalue weighted by Crippen LogP contribution is -2.47. The lowest BCUT2D eigenvalue weighted by molar-refractivity contribution is -0.187. The SMILES string of the molecule is CC(C)c1cccc(C(C)C)c1NC(=O)CC(=O)N1CCC2(CC1)OCCO2. The van der Waals surface area contributed by atoms with Crippen molar-refractivity contribution in [1.29, 1.82) is 0 Å². The molecule has 154 valence electrons. The molecule has 0 aliphatic carbocycles. The summed E-state index contributed by atoms with van der Waals surface area (Å²) in [4.78, 5) is 27.0. The lowest BCUT2D eigenvalue weighted by Gasteiger charge is -2.37. The van der Waals surface area contributed by atoms with Gasteiger partial charge in [-0.15, -0.1) is 0 Å². The number of hydrogen-bond donors (Lipinski definition) is 1. The average molecular weight is 389 g/mol. The Labute approximate surface area is 167 Å². The minimum atomic E-state index is -0.512. The Morgan fingerprint density at radius 2 is 1.57 bits per heavy atom. The summed E-state index contributed by atoms with van der Waals surface area (Å²) in [5, 5.41) is 3.02. The molecule has 0 unspecified atom stereocenters. The Morgan fingerprint density at radius 1 is 1.04 bits per heavy atom. The van der Waals surface area contributed by atoms with Crippen molar-refractivity contribution in [1.82, 2.24) is 4.90 Å². The number of nitrogens with zero attached hydrogens (tertiary/aromatic N) is 1. The van der Waals surface area contributed by atoms with E-state index in [-0.39, 0.29) is 30.1 Å². The maximum Gasteiger partial charge on any atom is 0.233 e. The first kappa shape index (κ1) is 20.8. The van der Waals surface area contributed by atoms with Crippen LogP contribution in [0.2, 0.25) is 0 Å². The summed E-state index contributed by atoms with van der Waals surface area (Å²) >= 11 is 0. The number of para-hydroxylation sites is 1. The summed E-state index contributed by atoms with van der Waals surface area (Å²) in [5.74, 6) is -0.336. The van der Waals surface area contributed by atoms with Gasteiger partial charge in [0, 0.05) is 31.6 Å². The average Bonchev–Trinajstić information content (AvgIpc) is 3.09. The molecule has 1 N–H and O–H groups in total. The number of benzene rings is 1. The van der Waals surface area contributed by atoms with Crippen molar-refractivity contribution in [2.45, 2.75) is 64.6 Å². The second kappa shape index (κ2) is 8.62. The molecule has 2 fully saturated rings. The molecule has 1 aromatic rings. The van der Waals surface area contributed by atoms with E-state index >= 15 is 0 Å².